The van der Waals surface area contributed by atoms with Crippen molar-refractivity contribution in [2.24, 2.45) is 7.05 Å². The zero-order chi connectivity index (χ0) is 18.1. The van der Waals surface area contributed by atoms with Crippen molar-refractivity contribution in [3.05, 3.63) is 35.3 Å². The normalized spacial score (nSPS) is 11.7. The summed E-state index contributed by atoms with van der Waals surface area (Å²) in [5, 5.41) is 6.11. The van der Waals surface area contributed by atoms with Gasteiger partial charge in [-0.1, -0.05) is 0 Å². The van der Waals surface area contributed by atoms with E-state index in [0.29, 0.717) is 10.7 Å². The average molecular weight is 342 g/mol. The molecule has 2 heterocycles. The SMILES string of the molecule is Cc1cnc(OC(C)C)c(NC(=O)c2cc(C(F)(F)F)n(C)n2)c1. The number of rotatable bonds is 4. The summed E-state index contributed by atoms with van der Waals surface area (Å²) in [5.41, 5.74) is -0.318. The first-order chi connectivity index (χ1) is 11.1. The van der Waals surface area contributed by atoms with Crippen LogP contribution in [0.15, 0.2) is 18.3 Å². The number of nitrogens with zero attached hydrogens (tertiary/aromatic N) is 3. The van der Waals surface area contributed by atoms with Crippen LogP contribution in [0.3, 0.4) is 0 Å². The monoisotopic (exact) mass is 342 g/mol. The first-order valence-corrected chi connectivity index (χ1v) is 7.14. The van der Waals surface area contributed by atoms with Crippen LogP contribution in [-0.2, 0) is 13.2 Å². The predicted octanol–water partition coefficient (Wildman–Crippen LogP) is 3.18. The van der Waals surface area contributed by atoms with Crippen molar-refractivity contribution in [3.8, 4) is 5.88 Å². The number of hydrogen-bond acceptors (Lipinski definition) is 4. The van der Waals surface area contributed by atoms with Crippen molar-refractivity contribution < 1.29 is 22.7 Å². The predicted molar refractivity (Wildman–Crippen MR) is 80.9 cm³/mol. The van der Waals surface area contributed by atoms with Crippen molar-refractivity contribution in [1.82, 2.24) is 14.8 Å². The van der Waals surface area contributed by atoms with Gasteiger partial charge in [-0.05, 0) is 32.4 Å². The minimum Gasteiger partial charge on any atom is -0.473 e. The standard InChI is InChI=1S/C15H17F3N4O2/c1-8(2)24-14-11(5-9(3)7-19-14)20-13(23)10-6-12(15(16,17)18)22(4)21-10/h5-8H,1-4H3,(H,20,23). The van der Waals surface area contributed by atoms with Crippen LogP contribution in [0, 0.1) is 6.92 Å². The van der Waals surface area contributed by atoms with E-state index >= 15 is 0 Å². The fourth-order valence-electron chi connectivity index (χ4n) is 1.99. The largest absolute Gasteiger partial charge is 0.473 e. The van der Waals surface area contributed by atoms with E-state index in [9.17, 15) is 18.0 Å². The molecule has 0 aliphatic rings. The average Bonchev–Trinajstić information content (AvgIpc) is 2.83. The molecule has 2 aromatic rings. The molecule has 0 fully saturated rings. The lowest BCUT2D eigenvalue weighted by Gasteiger charge is -2.13. The zero-order valence-electron chi connectivity index (χ0n) is 13.6. The molecule has 1 N–H and O–H groups in total. The number of aryl methyl sites for hydroxylation is 2. The van der Waals surface area contributed by atoms with Crippen LogP contribution in [0.1, 0.15) is 35.6 Å². The van der Waals surface area contributed by atoms with Crippen molar-refractivity contribution >= 4 is 11.6 Å². The van der Waals surface area contributed by atoms with E-state index in [2.05, 4.69) is 15.4 Å². The number of ether oxygens (including phenoxy) is 1. The maximum absolute atomic E-state index is 12.8. The van der Waals surface area contributed by atoms with E-state index in [1.165, 1.54) is 0 Å². The van der Waals surface area contributed by atoms with E-state index in [-0.39, 0.29) is 23.4 Å². The third-order valence-electron chi connectivity index (χ3n) is 2.99. The topological polar surface area (TPSA) is 69.0 Å². The van der Waals surface area contributed by atoms with Gasteiger partial charge in [-0.15, -0.1) is 0 Å². The van der Waals surface area contributed by atoms with Crippen LogP contribution >= 0.6 is 0 Å². The second kappa shape index (κ2) is 6.50. The third kappa shape index (κ3) is 4.03. The van der Waals surface area contributed by atoms with Crippen molar-refractivity contribution in [2.75, 3.05) is 5.32 Å². The molecular weight excluding hydrogens is 325 g/mol. The highest BCUT2D eigenvalue weighted by molar-refractivity contribution is 6.03. The van der Waals surface area contributed by atoms with Gasteiger partial charge in [0.15, 0.2) is 5.69 Å². The van der Waals surface area contributed by atoms with Crippen molar-refractivity contribution in [1.29, 1.82) is 0 Å². The number of carbonyl (C=O) groups excluding carboxylic acids is 1. The van der Waals surface area contributed by atoms with Crippen molar-refractivity contribution in [2.45, 2.75) is 33.1 Å². The van der Waals surface area contributed by atoms with E-state index in [4.69, 9.17) is 4.74 Å². The molecule has 0 bridgehead atoms. The number of hydrogen-bond donors (Lipinski definition) is 1. The quantitative estimate of drug-likeness (QED) is 0.926. The zero-order valence-corrected chi connectivity index (χ0v) is 13.6. The minimum atomic E-state index is -4.59. The lowest BCUT2D eigenvalue weighted by Crippen LogP contribution is -2.16. The van der Waals surface area contributed by atoms with Gasteiger partial charge < -0.3 is 10.1 Å². The fraction of sp³-hybridized carbons (Fsp3) is 0.400. The van der Waals surface area contributed by atoms with Crippen LogP contribution in [0.4, 0.5) is 18.9 Å². The number of amides is 1. The van der Waals surface area contributed by atoms with Gasteiger partial charge in [0, 0.05) is 19.3 Å². The Hall–Kier alpha value is -2.58. The molecule has 0 aromatic carbocycles. The molecule has 2 aromatic heterocycles. The minimum absolute atomic E-state index is 0.178. The first-order valence-electron chi connectivity index (χ1n) is 7.14. The summed E-state index contributed by atoms with van der Waals surface area (Å²) in [6, 6.07) is 2.32. The van der Waals surface area contributed by atoms with Gasteiger partial charge in [0.1, 0.15) is 11.4 Å². The summed E-state index contributed by atoms with van der Waals surface area (Å²) in [7, 11) is 1.13. The van der Waals surface area contributed by atoms with Gasteiger partial charge in [-0.3, -0.25) is 9.48 Å². The van der Waals surface area contributed by atoms with Crippen LogP contribution in [-0.4, -0.2) is 26.8 Å². The molecule has 2 rings (SSSR count). The van der Waals surface area contributed by atoms with Crippen LogP contribution < -0.4 is 10.1 Å². The molecular formula is C15H17F3N4O2. The van der Waals surface area contributed by atoms with Crippen LogP contribution in [0.2, 0.25) is 0 Å². The van der Waals surface area contributed by atoms with Gasteiger partial charge in [-0.2, -0.15) is 18.3 Å². The fourth-order valence-corrected chi connectivity index (χ4v) is 1.99. The Morgan fingerprint density at radius 3 is 2.54 bits per heavy atom. The van der Waals surface area contributed by atoms with Gasteiger partial charge in [0.25, 0.3) is 5.91 Å². The first kappa shape index (κ1) is 17.8. The molecule has 0 unspecified atom stereocenters. The Morgan fingerprint density at radius 2 is 2.00 bits per heavy atom. The molecule has 1 amide bonds. The summed E-state index contributed by atoms with van der Waals surface area (Å²) < 4.78 is 44.5. The summed E-state index contributed by atoms with van der Waals surface area (Å²) in [5.74, 6) is -0.585. The Bertz CT molecular complexity index is 754. The van der Waals surface area contributed by atoms with E-state index < -0.39 is 17.8 Å². The summed E-state index contributed by atoms with van der Waals surface area (Å²) >= 11 is 0. The van der Waals surface area contributed by atoms with Gasteiger partial charge in [-0.25, -0.2) is 4.98 Å². The number of carbonyl (C=O) groups is 1. The lowest BCUT2D eigenvalue weighted by molar-refractivity contribution is -0.143. The highest BCUT2D eigenvalue weighted by Crippen LogP contribution is 2.30. The van der Waals surface area contributed by atoms with E-state index in [0.717, 1.165) is 12.6 Å². The van der Waals surface area contributed by atoms with Crippen LogP contribution in [0.25, 0.3) is 0 Å². The number of aromatic nitrogens is 3. The number of anilines is 1. The smallest absolute Gasteiger partial charge is 0.433 e. The Labute approximate surface area is 136 Å². The molecule has 130 valence electrons. The molecule has 0 saturated heterocycles. The Morgan fingerprint density at radius 1 is 1.33 bits per heavy atom. The van der Waals surface area contributed by atoms with Gasteiger partial charge >= 0.3 is 6.18 Å². The molecule has 9 heteroatoms. The van der Waals surface area contributed by atoms with Gasteiger partial charge in [0.05, 0.1) is 6.10 Å². The summed E-state index contributed by atoms with van der Waals surface area (Å²) in [6.07, 6.45) is -3.20. The highest BCUT2D eigenvalue weighted by atomic mass is 19.4. The number of halogens is 3. The van der Waals surface area contributed by atoms with E-state index in [1.807, 2.05) is 0 Å². The second-order valence-corrected chi connectivity index (χ2v) is 5.52. The number of pyridine rings is 1. The molecule has 0 aliphatic carbocycles. The maximum atomic E-state index is 12.8. The lowest BCUT2D eigenvalue weighted by atomic mass is 10.2. The van der Waals surface area contributed by atoms with Crippen molar-refractivity contribution in [3.63, 3.8) is 0 Å². The van der Waals surface area contributed by atoms with E-state index in [1.54, 1.807) is 33.0 Å². The van der Waals surface area contributed by atoms with Crippen LogP contribution in [0.5, 0.6) is 5.88 Å². The van der Waals surface area contributed by atoms with Gasteiger partial charge in [0.2, 0.25) is 5.88 Å². The highest BCUT2D eigenvalue weighted by Gasteiger charge is 2.35. The molecule has 0 atom stereocenters. The molecule has 6 nitrogen and oxygen atoms in total. The third-order valence-corrected chi connectivity index (χ3v) is 2.99. The maximum Gasteiger partial charge on any atom is 0.433 e. The molecule has 0 radical (unpaired) electrons. The molecule has 24 heavy (non-hydrogen) atoms. The molecule has 0 spiro atoms. The summed E-state index contributed by atoms with van der Waals surface area (Å²) in [6.45, 7) is 5.35. The number of alkyl halides is 3. The molecule has 0 saturated carbocycles. The Balaban J connectivity index is 2.29. The number of nitrogens with one attached hydrogen (secondary N) is 1. The Kier molecular flexibility index (Phi) is 4.81. The summed E-state index contributed by atoms with van der Waals surface area (Å²) in [4.78, 5) is 16.3. The second-order valence-electron chi connectivity index (χ2n) is 5.52. The molecule has 0 aliphatic heterocycles.